The van der Waals surface area contributed by atoms with Gasteiger partial charge in [0.05, 0.1) is 17.2 Å². The van der Waals surface area contributed by atoms with Gasteiger partial charge in [-0.05, 0) is 92.9 Å². The molecule has 0 saturated heterocycles. The van der Waals surface area contributed by atoms with E-state index < -0.39 is 34.3 Å². The molecule has 0 fully saturated rings. The summed E-state index contributed by atoms with van der Waals surface area (Å²) in [4.78, 5) is 28.7. The van der Waals surface area contributed by atoms with Crippen LogP contribution in [0.2, 0.25) is 5.02 Å². The Bertz CT molecular complexity index is 1430. The van der Waals surface area contributed by atoms with Crippen molar-refractivity contribution in [3.8, 4) is 5.75 Å². The molecule has 0 unspecified atom stereocenters. The van der Waals surface area contributed by atoms with E-state index in [2.05, 4.69) is 5.32 Å². The van der Waals surface area contributed by atoms with E-state index in [1.165, 1.54) is 53.4 Å². The second-order valence-corrected chi connectivity index (χ2v) is 12.1. The summed E-state index contributed by atoms with van der Waals surface area (Å²) in [5, 5.41) is 3.29. The molecule has 42 heavy (non-hydrogen) atoms. The molecule has 0 aromatic heterocycles. The molecule has 3 aromatic carbocycles. The summed E-state index contributed by atoms with van der Waals surface area (Å²) in [6.07, 6.45) is 0.973. The van der Waals surface area contributed by atoms with Crippen LogP contribution in [0.25, 0.3) is 0 Å². The smallest absolute Gasteiger partial charge is 0.264 e. The molecule has 8 nitrogen and oxygen atoms in total. The van der Waals surface area contributed by atoms with E-state index in [4.69, 9.17) is 16.3 Å². The molecule has 0 saturated carbocycles. The summed E-state index contributed by atoms with van der Waals surface area (Å²) in [5.41, 5.74) is 0.827. The van der Waals surface area contributed by atoms with E-state index in [1.807, 2.05) is 20.8 Å². The van der Waals surface area contributed by atoms with Crippen molar-refractivity contribution in [2.75, 3.05) is 17.5 Å². The minimum absolute atomic E-state index is 0.0242. The summed E-state index contributed by atoms with van der Waals surface area (Å²) < 4.78 is 48.0. The number of carbonyl (C=O) groups excluding carboxylic acids is 2. The standard InChI is InChI=1S/C31H37ClFN3O5S/c1-5-22(4)34-31(38)29(6-2)35(20-23-8-12-25(33)13-9-23)30(37)21-36(26-14-16-27(17-15-26)41-7-3)42(39,40)28-18-10-24(32)11-19-28/h8-19,22,29H,5-7,20-21H2,1-4H3,(H,34,38)/t22-,29-/m1/s1. The van der Waals surface area contributed by atoms with Crippen molar-refractivity contribution in [3.05, 3.63) is 89.2 Å². The molecule has 3 aromatic rings. The topological polar surface area (TPSA) is 96.0 Å². The number of hydrogen-bond acceptors (Lipinski definition) is 5. The number of hydrogen-bond donors (Lipinski definition) is 1. The number of nitrogens with one attached hydrogen (secondary N) is 1. The van der Waals surface area contributed by atoms with Crippen molar-refractivity contribution in [2.24, 2.45) is 0 Å². The molecule has 1 N–H and O–H groups in total. The van der Waals surface area contributed by atoms with E-state index in [0.717, 1.165) is 4.31 Å². The molecule has 2 atom stereocenters. The average molecular weight is 618 g/mol. The van der Waals surface area contributed by atoms with Crippen LogP contribution in [0.4, 0.5) is 10.1 Å². The third-order valence-electron chi connectivity index (χ3n) is 6.77. The average Bonchev–Trinajstić information content (AvgIpc) is 2.97. The van der Waals surface area contributed by atoms with Crippen LogP contribution in [-0.4, -0.2) is 50.4 Å². The van der Waals surface area contributed by atoms with Crippen molar-refractivity contribution in [1.29, 1.82) is 0 Å². The van der Waals surface area contributed by atoms with Gasteiger partial charge in [-0.25, -0.2) is 12.8 Å². The number of anilines is 1. The van der Waals surface area contributed by atoms with E-state index in [9.17, 15) is 22.4 Å². The fourth-order valence-corrected chi connectivity index (χ4v) is 5.83. The molecule has 0 aliphatic carbocycles. The van der Waals surface area contributed by atoms with Crippen molar-refractivity contribution in [1.82, 2.24) is 10.2 Å². The molecule has 0 heterocycles. The zero-order valence-electron chi connectivity index (χ0n) is 24.2. The Hall–Kier alpha value is -3.63. The predicted octanol–water partition coefficient (Wildman–Crippen LogP) is 5.80. The SMILES string of the molecule is CCOc1ccc(N(CC(=O)N(Cc2ccc(F)cc2)[C@H](CC)C(=O)N[C@H](C)CC)S(=O)(=O)c2ccc(Cl)cc2)cc1. The Labute approximate surface area is 252 Å². The molecular formula is C31H37ClFN3O5S. The van der Waals surface area contributed by atoms with E-state index in [0.29, 0.717) is 29.4 Å². The van der Waals surface area contributed by atoms with Gasteiger partial charge in [0.15, 0.2) is 0 Å². The zero-order chi connectivity index (χ0) is 30.9. The highest BCUT2D eigenvalue weighted by atomic mass is 35.5. The van der Waals surface area contributed by atoms with Crippen molar-refractivity contribution < 1.29 is 27.1 Å². The lowest BCUT2D eigenvalue weighted by Gasteiger charge is -2.33. The van der Waals surface area contributed by atoms with Gasteiger partial charge in [-0.3, -0.25) is 13.9 Å². The maximum absolute atomic E-state index is 14.1. The molecule has 3 rings (SSSR count). The van der Waals surface area contributed by atoms with Crippen molar-refractivity contribution in [2.45, 2.75) is 64.1 Å². The molecule has 2 amide bonds. The third kappa shape index (κ3) is 8.45. The van der Waals surface area contributed by atoms with Crippen molar-refractivity contribution >= 4 is 39.1 Å². The Morgan fingerprint density at radius 1 is 0.929 bits per heavy atom. The van der Waals surface area contributed by atoms with Crippen LogP contribution < -0.4 is 14.4 Å². The highest BCUT2D eigenvalue weighted by Gasteiger charge is 2.34. The molecule has 0 spiro atoms. The molecule has 11 heteroatoms. The maximum atomic E-state index is 14.1. The first kappa shape index (κ1) is 32.9. The lowest BCUT2D eigenvalue weighted by molar-refractivity contribution is -0.140. The normalized spacial score (nSPS) is 12.7. The zero-order valence-corrected chi connectivity index (χ0v) is 25.8. The summed E-state index contributed by atoms with van der Waals surface area (Å²) in [5.74, 6) is -0.844. The Morgan fingerprint density at radius 2 is 1.55 bits per heavy atom. The van der Waals surface area contributed by atoms with Crippen LogP contribution in [0.3, 0.4) is 0 Å². The van der Waals surface area contributed by atoms with Gasteiger partial charge in [0, 0.05) is 17.6 Å². The molecular weight excluding hydrogens is 581 g/mol. The first-order chi connectivity index (χ1) is 20.0. The Kier molecular flexibility index (Phi) is 11.8. The van der Waals surface area contributed by atoms with Gasteiger partial charge in [-0.2, -0.15) is 0 Å². The predicted molar refractivity (Wildman–Crippen MR) is 163 cm³/mol. The monoisotopic (exact) mass is 617 g/mol. The van der Waals surface area contributed by atoms with Crippen LogP contribution in [0.15, 0.2) is 77.7 Å². The van der Waals surface area contributed by atoms with Gasteiger partial charge in [0.1, 0.15) is 24.2 Å². The summed E-state index contributed by atoms with van der Waals surface area (Å²) in [6, 6.07) is 16.6. The van der Waals surface area contributed by atoms with E-state index in [1.54, 1.807) is 31.2 Å². The Balaban J connectivity index is 2.05. The first-order valence-corrected chi connectivity index (χ1v) is 15.7. The van der Waals surface area contributed by atoms with Crippen LogP contribution in [-0.2, 0) is 26.2 Å². The quantitative estimate of drug-likeness (QED) is 0.247. The van der Waals surface area contributed by atoms with Crippen LogP contribution in [0, 0.1) is 5.82 Å². The van der Waals surface area contributed by atoms with Gasteiger partial charge < -0.3 is 15.0 Å². The van der Waals surface area contributed by atoms with Crippen LogP contribution in [0.1, 0.15) is 46.1 Å². The van der Waals surface area contributed by atoms with Gasteiger partial charge in [-0.15, -0.1) is 0 Å². The van der Waals surface area contributed by atoms with Gasteiger partial charge in [-0.1, -0.05) is 37.6 Å². The molecule has 0 aliphatic heterocycles. The number of amides is 2. The van der Waals surface area contributed by atoms with E-state index >= 15 is 0 Å². The number of benzene rings is 3. The minimum Gasteiger partial charge on any atom is -0.494 e. The van der Waals surface area contributed by atoms with Crippen LogP contribution >= 0.6 is 11.6 Å². The fourth-order valence-electron chi connectivity index (χ4n) is 4.28. The van der Waals surface area contributed by atoms with E-state index in [-0.39, 0.29) is 35.5 Å². The first-order valence-electron chi connectivity index (χ1n) is 13.9. The highest BCUT2D eigenvalue weighted by molar-refractivity contribution is 7.92. The van der Waals surface area contributed by atoms with Crippen LogP contribution in [0.5, 0.6) is 5.75 Å². The summed E-state index contributed by atoms with van der Waals surface area (Å²) >= 11 is 6.00. The third-order valence-corrected chi connectivity index (χ3v) is 8.81. The Morgan fingerprint density at radius 3 is 2.10 bits per heavy atom. The number of sulfonamides is 1. The molecule has 0 radical (unpaired) electrons. The second kappa shape index (κ2) is 15.0. The van der Waals surface area contributed by atoms with Crippen molar-refractivity contribution in [3.63, 3.8) is 0 Å². The number of carbonyl (C=O) groups is 2. The number of ether oxygens (including phenoxy) is 1. The lowest BCUT2D eigenvalue weighted by atomic mass is 10.1. The summed E-state index contributed by atoms with van der Waals surface area (Å²) in [6.45, 7) is 7.23. The largest absolute Gasteiger partial charge is 0.494 e. The summed E-state index contributed by atoms with van der Waals surface area (Å²) in [7, 11) is -4.24. The lowest BCUT2D eigenvalue weighted by Crippen LogP contribution is -2.53. The number of nitrogens with zero attached hydrogens (tertiary/aromatic N) is 2. The van der Waals surface area contributed by atoms with Gasteiger partial charge in [0.25, 0.3) is 10.0 Å². The fraction of sp³-hybridized carbons (Fsp3) is 0.355. The molecule has 0 bridgehead atoms. The van der Waals surface area contributed by atoms with Gasteiger partial charge in [0.2, 0.25) is 11.8 Å². The molecule has 0 aliphatic rings. The number of halogens is 2. The molecule has 226 valence electrons. The second-order valence-electron chi connectivity index (χ2n) is 9.78. The van der Waals surface area contributed by atoms with Gasteiger partial charge >= 0.3 is 0 Å². The number of rotatable bonds is 14. The minimum atomic E-state index is -4.24. The maximum Gasteiger partial charge on any atom is 0.264 e. The highest BCUT2D eigenvalue weighted by Crippen LogP contribution is 2.27.